The number of amides is 1. The van der Waals surface area contributed by atoms with Crippen LogP contribution in [0.4, 0.5) is 13.2 Å². The highest BCUT2D eigenvalue weighted by molar-refractivity contribution is 5.84. The van der Waals surface area contributed by atoms with Crippen molar-refractivity contribution >= 4 is 16.9 Å². The molecule has 1 aromatic heterocycles. The van der Waals surface area contributed by atoms with E-state index in [4.69, 9.17) is 4.74 Å². The lowest BCUT2D eigenvalue weighted by Gasteiger charge is -2.20. The van der Waals surface area contributed by atoms with Crippen LogP contribution in [0, 0.1) is 13.8 Å². The number of hydrogen-bond donors (Lipinski definition) is 1. The molecule has 27 heavy (non-hydrogen) atoms. The zero-order valence-corrected chi connectivity index (χ0v) is 15.6. The van der Waals surface area contributed by atoms with Gasteiger partial charge in [0.05, 0.1) is 11.0 Å². The Morgan fingerprint density at radius 1 is 1.30 bits per heavy atom. The molecule has 9 heteroatoms. The van der Waals surface area contributed by atoms with Crippen molar-refractivity contribution in [2.75, 3.05) is 20.3 Å². The lowest BCUT2D eigenvalue weighted by atomic mass is 10.1. The number of halogens is 3. The second kappa shape index (κ2) is 8.08. The number of hydrogen-bond acceptors (Lipinski definition) is 4. The van der Waals surface area contributed by atoms with Crippen molar-refractivity contribution in [3.05, 3.63) is 39.3 Å². The van der Waals surface area contributed by atoms with Gasteiger partial charge in [0.25, 0.3) is 5.56 Å². The second-order valence-corrected chi connectivity index (χ2v) is 6.37. The van der Waals surface area contributed by atoms with Crippen LogP contribution in [0.15, 0.2) is 16.9 Å². The van der Waals surface area contributed by atoms with Gasteiger partial charge in [0.1, 0.15) is 6.04 Å². The molecule has 6 nitrogen and oxygen atoms in total. The van der Waals surface area contributed by atoms with E-state index in [-0.39, 0.29) is 11.0 Å². The number of benzene rings is 1. The third-order valence-corrected chi connectivity index (χ3v) is 4.36. The third-order valence-electron chi connectivity index (χ3n) is 4.36. The highest BCUT2D eigenvalue weighted by Crippen LogP contribution is 2.28. The predicted molar refractivity (Wildman–Crippen MR) is 94.7 cm³/mol. The Morgan fingerprint density at radius 3 is 2.52 bits per heavy atom. The van der Waals surface area contributed by atoms with Crippen molar-refractivity contribution < 1.29 is 22.7 Å². The summed E-state index contributed by atoms with van der Waals surface area (Å²) in [6, 6.07) is 1.93. The van der Waals surface area contributed by atoms with Crippen molar-refractivity contribution in [1.82, 2.24) is 14.9 Å². The zero-order valence-electron chi connectivity index (χ0n) is 15.6. The molecule has 2 aromatic rings. The molecule has 0 aliphatic heterocycles. The molecule has 2 rings (SSSR count). The van der Waals surface area contributed by atoms with E-state index < -0.39 is 29.4 Å². The Morgan fingerprint density at radius 2 is 1.93 bits per heavy atom. The van der Waals surface area contributed by atoms with Gasteiger partial charge in [-0.1, -0.05) is 0 Å². The number of alkyl halides is 3. The fourth-order valence-corrected chi connectivity index (χ4v) is 2.72. The van der Waals surface area contributed by atoms with Gasteiger partial charge in [-0.05, 0) is 50.5 Å². The summed E-state index contributed by atoms with van der Waals surface area (Å²) >= 11 is 0. The molecule has 1 atom stereocenters. The van der Waals surface area contributed by atoms with Gasteiger partial charge in [-0.2, -0.15) is 13.2 Å². The number of carbonyl (C=O) groups is 1. The fourth-order valence-electron chi connectivity index (χ4n) is 2.72. The molecule has 0 bridgehead atoms. The summed E-state index contributed by atoms with van der Waals surface area (Å²) in [7, 11) is 1.52. The standard InChI is InChI=1S/C18H22F3N3O3/c1-10-8-13-14(9-11(10)2)24(17(26)15(23-13)18(19,20)21)12(3)16(25)22-6-5-7-27-4/h8-9,12H,5-7H2,1-4H3,(H,22,25). The van der Waals surface area contributed by atoms with Crippen molar-refractivity contribution in [2.24, 2.45) is 0 Å². The van der Waals surface area contributed by atoms with Crippen LogP contribution in [0.2, 0.25) is 0 Å². The van der Waals surface area contributed by atoms with E-state index in [0.29, 0.717) is 19.6 Å². The Hall–Kier alpha value is -2.42. The van der Waals surface area contributed by atoms with Gasteiger partial charge in [0.2, 0.25) is 11.6 Å². The maximum absolute atomic E-state index is 13.3. The summed E-state index contributed by atoms with van der Waals surface area (Å²) in [5.74, 6) is -0.549. The fraction of sp³-hybridized carbons (Fsp3) is 0.500. The van der Waals surface area contributed by atoms with E-state index in [1.54, 1.807) is 19.9 Å². The van der Waals surface area contributed by atoms with Crippen molar-refractivity contribution in [3.63, 3.8) is 0 Å². The first-order valence-electron chi connectivity index (χ1n) is 8.45. The van der Waals surface area contributed by atoms with Gasteiger partial charge in [-0.25, -0.2) is 4.98 Å². The predicted octanol–water partition coefficient (Wildman–Crippen LogP) is 2.75. The minimum Gasteiger partial charge on any atom is -0.385 e. The van der Waals surface area contributed by atoms with E-state index in [2.05, 4.69) is 10.3 Å². The van der Waals surface area contributed by atoms with Crippen LogP contribution in [-0.2, 0) is 15.7 Å². The molecule has 0 aliphatic rings. The average Bonchev–Trinajstić information content (AvgIpc) is 2.58. The monoisotopic (exact) mass is 385 g/mol. The van der Waals surface area contributed by atoms with Gasteiger partial charge in [-0.3, -0.25) is 14.2 Å². The number of nitrogens with one attached hydrogen (secondary N) is 1. The first kappa shape index (κ1) is 20.9. The van der Waals surface area contributed by atoms with Crippen LogP contribution in [0.3, 0.4) is 0 Å². The number of aromatic nitrogens is 2. The van der Waals surface area contributed by atoms with Crippen molar-refractivity contribution in [2.45, 2.75) is 39.4 Å². The molecule has 0 radical (unpaired) electrons. The quantitative estimate of drug-likeness (QED) is 0.776. The van der Waals surface area contributed by atoms with E-state index in [0.717, 1.165) is 15.7 Å². The van der Waals surface area contributed by atoms with Crippen molar-refractivity contribution in [3.8, 4) is 0 Å². The first-order valence-corrected chi connectivity index (χ1v) is 8.45. The molecule has 1 aromatic carbocycles. The van der Waals surface area contributed by atoms with Gasteiger partial charge < -0.3 is 10.1 Å². The molecule has 1 amide bonds. The summed E-state index contributed by atoms with van der Waals surface area (Å²) in [5.41, 5.74) is -1.13. The Labute approximate surface area is 154 Å². The lowest BCUT2D eigenvalue weighted by Crippen LogP contribution is -2.39. The maximum atomic E-state index is 13.3. The van der Waals surface area contributed by atoms with E-state index in [1.165, 1.54) is 20.1 Å². The summed E-state index contributed by atoms with van der Waals surface area (Å²) in [4.78, 5) is 28.5. The molecular weight excluding hydrogens is 363 g/mol. The Bertz CT molecular complexity index is 907. The van der Waals surface area contributed by atoms with Gasteiger partial charge in [0.15, 0.2) is 0 Å². The van der Waals surface area contributed by atoms with Gasteiger partial charge in [0, 0.05) is 20.3 Å². The molecule has 148 valence electrons. The summed E-state index contributed by atoms with van der Waals surface area (Å²) in [6.45, 7) is 5.63. The number of rotatable bonds is 6. The summed E-state index contributed by atoms with van der Waals surface area (Å²) < 4.78 is 45.6. The summed E-state index contributed by atoms with van der Waals surface area (Å²) in [6.07, 6.45) is -4.37. The SMILES string of the molecule is COCCCNC(=O)C(C)n1c(=O)c(C(F)(F)F)nc2cc(C)c(C)cc21. The zero-order chi connectivity index (χ0) is 20.4. The van der Waals surface area contributed by atoms with Gasteiger partial charge in [-0.15, -0.1) is 0 Å². The molecule has 0 saturated carbocycles. The number of aryl methyl sites for hydroxylation is 2. The molecule has 0 spiro atoms. The molecule has 1 heterocycles. The number of ether oxygens (including phenoxy) is 1. The van der Waals surface area contributed by atoms with Crippen LogP contribution in [-0.4, -0.2) is 35.7 Å². The highest BCUT2D eigenvalue weighted by Gasteiger charge is 2.38. The Balaban J connectivity index is 2.58. The lowest BCUT2D eigenvalue weighted by molar-refractivity contribution is -0.142. The van der Waals surface area contributed by atoms with Crippen LogP contribution >= 0.6 is 0 Å². The van der Waals surface area contributed by atoms with Gasteiger partial charge >= 0.3 is 6.18 Å². The number of methoxy groups -OCH3 is 1. The number of fused-ring (bicyclic) bond motifs is 1. The maximum Gasteiger partial charge on any atom is 0.438 e. The number of carbonyl (C=O) groups excluding carboxylic acids is 1. The minimum atomic E-state index is -4.92. The first-order chi connectivity index (χ1) is 12.6. The van der Waals surface area contributed by atoms with E-state index in [1.807, 2.05) is 0 Å². The second-order valence-electron chi connectivity index (χ2n) is 6.37. The van der Waals surface area contributed by atoms with Crippen LogP contribution in [0.25, 0.3) is 11.0 Å². The normalized spacial score (nSPS) is 13.0. The third kappa shape index (κ3) is 4.47. The Kier molecular flexibility index (Phi) is 6.25. The molecular formula is C18H22F3N3O3. The minimum absolute atomic E-state index is 0.0176. The molecule has 0 aliphatic carbocycles. The topological polar surface area (TPSA) is 73.2 Å². The van der Waals surface area contributed by atoms with E-state index >= 15 is 0 Å². The average molecular weight is 385 g/mol. The summed E-state index contributed by atoms with van der Waals surface area (Å²) in [5, 5.41) is 2.61. The molecule has 1 N–H and O–H groups in total. The molecule has 0 saturated heterocycles. The van der Waals surface area contributed by atoms with Crippen molar-refractivity contribution in [1.29, 1.82) is 0 Å². The van der Waals surface area contributed by atoms with Crippen LogP contribution in [0.5, 0.6) is 0 Å². The smallest absolute Gasteiger partial charge is 0.385 e. The number of nitrogens with zero attached hydrogens (tertiary/aromatic N) is 2. The highest BCUT2D eigenvalue weighted by atomic mass is 19.4. The van der Waals surface area contributed by atoms with Crippen LogP contribution in [0.1, 0.15) is 36.2 Å². The molecule has 0 fully saturated rings. The van der Waals surface area contributed by atoms with Crippen LogP contribution < -0.4 is 10.9 Å². The van der Waals surface area contributed by atoms with E-state index in [9.17, 15) is 22.8 Å². The molecule has 1 unspecified atom stereocenters. The largest absolute Gasteiger partial charge is 0.438 e.